The number of carbonyl (C=O) groups is 1. The second-order valence-corrected chi connectivity index (χ2v) is 7.79. The van der Waals surface area contributed by atoms with E-state index in [1.807, 2.05) is 0 Å². The van der Waals surface area contributed by atoms with Gasteiger partial charge in [-0.3, -0.25) is 9.80 Å². The summed E-state index contributed by atoms with van der Waals surface area (Å²) in [6.45, 7) is 8.94. The SMILES string of the molecule is CCN(CCOC(=O)OCCN(CC)C1CCCCC1)C1CCCCC1. The summed E-state index contributed by atoms with van der Waals surface area (Å²) in [6, 6.07) is 1.34. The van der Waals surface area contributed by atoms with E-state index in [0.29, 0.717) is 25.3 Å². The minimum Gasteiger partial charge on any atom is -0.433 e. The lowest BCUT2D eigenvalue weighted by atomic mass is 9.94. The summed E-state index contributed by atoms with van der Waals surface area (Å²) >= 11 is 0. The standard InChI is InChI=1S/C21H40N2O3/c1-3-22(19-11-7-5-8-12-19)15-17-25-21(24)26-18-16-23(4-2)20-13-9-6-10-14-20/h19-20H,3-18H2,1-2H3. The third-order valence-corrected chi connectivity index (χ3v) is 6.19. The highest BCUT2D eigenvalue weighted by Crippen LogP contribution is 2.23. The first-order chi connectivity index (χ1) is 12.7. The molecule has 152 valence electrons. The molecule has 2 fully saturated rings. The molecule has 2 aliphatic carbocycles. The van der Waals surface area contributed by atoms with E-state index in [9.17, 15) is 4.79 Å². The summed E-state index contributed by atoms with van der Waals surface area (Å²) in [5.74, 6) is 0. The van der Waals surface area contributed by atoms with E-state index < -0.39 is 6.16 Å². The first-order valence-corrected chi connectivity index (χ1v) is 11.0. The predicted octanol–water partition coefficient (Wildman–Crippen LogP) is 4.45. The molecule has 0 spiro atoms. The fourth-order valence-electron chi connectivity index (χ4n) is 4.62. The molecule has 0 atom stereocenters. The van der Waals surface area contributed by atoms with Crippen LogP contribution in [0.25, 0.3) is 0 Å². The smallest absolute Gasteiger partial charge is 0.433 e. The predicted molar refractivity (Wildman–Crippen MR) is 106 cm³/mol. The molecule has 2 rings (SSSR count). The van der Waals surface area contributed by atoms with Crippen molar-refractivity contribution < 1.29 is 14.3 Å². The van der Waals surface area contributed by atoms with Gasteiger partial charge in [0.2, 0.25) is 0 Å². The van der Waals surface area contributed by atoms with Crippen molar-refractivity contribution >= 4 is 6.16 Å². The van der Waals surface area contributed by atoms with E-state index in [2.05, 4.69) is 23.6 Å². The molecule has 0 radical (unpaired) electrons. The Balaban J connectivity index is 1.57. The third kappa shape index (κ3) is 7.43. The van der Waals surface area contributed by atoms with Crippen LogP contribution in [0.5, 0.6) is 0 Å². The van der Waals surface area contributed by atoms with Crippen LogP contribution in [0, 0.1) is 0 Å². The molecule has 0 aromatic rings. The van der Waals surface area contributed by atoms with Gasteiger partial charge in [-0.15, -0.1) is 0 Å². The topological polar surface area (TPSA) is 42.0 Å². The van der Waals surface area contributed by atoms with Gasteiger partial charge >= 0.3 is 6.16 Å². The van der Waals surface area contributed by atoms with Crippen molar-refractivity contribution in [2.75, 3.05) is 39.4 Å². The summed E-state index contributed by atoms with van der Waals surface area (Å²) in [5, 5.41) is 0. The van der Waals surface area contributed by atoms with Crippen LogP contribution in [-0.4, -0.2) is 67.4 Å². The summed E-state index contributed by atoms with van der Waals surface area (Å²) in [4.78, 5) is 16.8. The van der Waals surface area contributed by atoms with Gasteiger partial charge in [0.25, 0.3) is 0 Å². The zero-order chi connectivity index (χ0) is 18.6. The van der Waals surface area contributed by atoms with Crippen molar-refractivity contribution in [1.82, 2.24) is 9.80 Å². The van der Waals surface area contributed by atoms with E-state index >= 15 is 0 Å². The summed E-state index contributed by atoms with van der Waals surface area (Å²) < 4.78 is 10.6. The van der Waals surface area contributed by atoms with Gasteiger partial charge in [0, 0.05) is 25.2 Å². The number of likely N-dealkylation sites (N-methyl/N-ethyl adjacent to an activating group) is 2. The minimum absolute atomic E-state index is 0.434. The average molecular weight is 369 g/mol. The van der Waals surface area contributed by atoms with Gasteiger partial charge in [0.1, 0.15) is 13.2 Å². The zero-order valence-corrected chi connectivity index (χ0v) is 17.1. The Morgan fingerprint density at radius 2 is 1.12 bits per heavy atom. The molecule has 0 aromatic heterocycles. The van der Waals surface area contributed by atoms with Gasteiger partial charge < -0.3 is 9.47 Å². The lowest BCUT2D eigenvalue weighted by Gasteiger charge is -2.33. The van der Waals surface area contributed by atoms with Crippen molar-refractivity contribution in [3.63, 3.8) is 0 Å². The van der Waals surface area contributed by atoms with Crippen LogP contribution >= 0.6 is 0 Å². The van der Waals surface area contributed by atoms with E-state index in [1.165, 1.54) is 64.2 Å². The third-order valence-electron chi connectivity index (χ3n) is 6.19. The highest BCUT2D eigenvalue weighted by atomic mass is 16.7. The van der Waals surface area contributed by atoms with E-state index in [1.54, 1.807) is 0 Å². The Morgan fingerprint density at radius 1 is 0.731 bits per heavy atom. The van der Waals surface area contributed by atoms with Gasteiger partial charge in [-0.05, 0) is 38.8 Å². The van der Waals surface area contributed by atoms with Gasteiger partial charge in [-0.25, -0.2) is 4.79 Å². The summed E-state index contributed by atoms with van der Waals surface area (Å²) in [5.41, 5.74) is 0. The highest BCUT2D eigenvalue weighted by Gasteiger charge is 2.21. The number of rotatable bonds is 10. The van der Waals surface area contributed by atoms with Crippen LogP contribution in [0.3, 0.4) is 0 Å². The molecule has 0 aliphatic heterocycles. The minimum atomic E-state index is -0.510. The molecule has 26 heavy (non-hydrogen) atoms. The quantitative estimate of drug-likeness (QED) is 0.533. The molecule has 5 heteroatoms. The van der Waals surface area contributed by atoms with E-state index in [0.717, 1.165) is 26.2 Å². The first-order valence-electron chi connectivity index (χ1n) is 11.0. The summed E-state index contributed by atoms with van der Waals surface area (Å²) in [7, 11) is 0. The fourth-order valence-corrected chi connectivity index (χ4v) is 4.62. The molecule has 5 nitrogen and oxygen atoms in total. The Kier molecular flexibility index (Phi) is 10.4. The maximum atomic E-state index is 11.9. The molecule has 2 saturated carbocycles. The molecule has 0 aromatic carbocycles. The Bertz CT molecular complexity index is 345. The number of nitrogens with zero attached hydrogens (tertiary/aromatic N) is 2. The molecule has 0 heterocycles. The van der Waals surface area contributed by atoms with Crippen molar-refractivity contribution in [3.8, 4) is 0 Å². The summed E-state index contributed by atoms with van der Waals surface area (Å²) in [6.07, 6.45) is 12.7. The monoisotopic (exact) mass is 368 g/mol. The molecule has 0 amide bonds. The van der Waals surface area contributed by atoms with Crippen LogP contribution in [-0.2, 0) is 9.47 Å². The number of hydrogen-bond donors (Lipinski definition) is 0. The molecule has 0 saturated heterocycles. The van der Waals surface area contributed by atoms with Gasteiger partial charge in [-0.2, -0.15) is 0 Å². The fraction of sp³-hybridized carbons (Fsp3) is 0.952. The molecular formula is C21H40N2O3. The van der Waals surface area contributed by atoms with Crippen LogP contribution in [0.2, 0.25) is 0 Å². The number of ether oxygens (including phenoxy) is 2. The maximum Gasteiger partial charge on any atom is 0.508 e. The Labute approximate surface area is 160 Å². The highest BCUT2D eigenvalue weighted by molar-refractivity contribution is 5.59. The van der Waals surface area contributed by atoms with Gasteiger partial charge in [-0.1, -0.05) is 52.4 Å². The van der Waals surface area contributed by atoms with E-state index in [-0.39, 0.29) is 0 Å². The lowest BCUT2D eigenvalue weighted by Crippen LogP contribution is -2.39. The van der Waals surface area contributed by atoms with Crippen LogP contribution in [0.4, 0.5) is 4.79 Å². The lowest BCUT2D eigenvalue weighted by molar-refractivity contribution is 0.0317. The van der Waals surface area contributed by atoms with Crippen LogP contribution in [0.15, 0.2) is 0 Å². The Morgan fingerprint density at radius 3 is 1.46 bits per heavy atom. The molecule has 0 unspecified atom stereocenters. The van der Waals surface area contributed by atoms with Crippen LogP contribution < -0.4 is 0 Å². The maximum absolute atomic E-state index is 11.9. The second kappa shape index (κ2) is 12.6. The second-order valence-electron chi connectivity index (χ2n) is 7.79. The Hall–Kier alpha value is -0.810. The first kappa shape index (κ1) is 21.5. The number of hydrogen-bond acceptors (Lipinski definition) is 5. The largest absolute Gasteiger partial charge is 0.508 e. The molecule has 0 N–H and O–H groups in total. The normalized spacial score (nSPS) is 19.8. The van der Waals surface area contributed by atoms with Crippen molar-refractivity contribution in [2.24, 2.45) is 0 Å². The van der Waals surface area contributed by atoms with Crippen molar-refractivity contribution in [1.29, 1.82) is 0 Å². The number of carbonyl (C=O) groups excluding carboxylic acids is 1. The molecular weight excluding hydrogens is 328 g/mol. The van der Waals surface area contributed by atoms with Crippen molar-refractivity contribution in [2.45, 2.75) is 90.1 Å². The van der Waals surface area contributed by atoms with Crippen LogP contribution in [0.1, 0.15) is 78.1 Å². The van der Waals surface area contributed by atoms with E-state index in [4.69, 9.17) is 9.47 Å². The van der Waals surface area contributed by atoms with Gasteiger partial charge in [0.05, 0.1) is 0 Å². The molecule has 0 bridgehead atoms. The molecule has 2 aliphatic rings. The van der Waals surface area contributed by atoms with Gasteiger partial charge in [0.15, 0.2) is 0 Å². The zero-order valence-electron chi connectivity index (χ0n) is 17.1. The average Bonchev–Trinajstić information content (AvgIpc) is 2.70. The van der Waals surface area contributed by atoms with Crippen molar-refractivity contribution in [3.05, 3.63) is 0 Å².